The van der Waals surface area contributed by atoms with Gasteiger partial charge in [0.1, 0.15) is 0 Å². The van der Waals surface area contributed by atoms with Crippen LogP contribution in [0.3, 0.4) is 0 Å². The van der Waals surface area contributed by atoms with Crippen molar-refractivity contribution in [2.75, 3.05) is 33.5 Å². The van der Waals surface area contributed by atoms with E-state index in [0.29, 0.717) is 19.3 Å². The van der Waals surface area contributed by atoms with E-state index in [1.807, 2.05) is 0 Å². The van der Waals surface area contributed by atoms with E-state index in [1.165, 1.54) is 57.8 Å². The second-order valence-electron chi connectivity index (χ2n) is 5.91. The van der Waals surface area contributed by atoms with Gasteiger partial charge in [0.2, 0.25) is 0 Å². The van der Waals surface area contributed by atoms with Crippen LogP contribution in [0.1, 0.15) is 78.1 Å². The summed E-state index contributed by atoms with van der Waals surface area (Å²) < 4.78 is 10.6. The van der Waals surface area contributed by atoms with Crippen molar-refractivity contribution in [1.29, 1.82) is 0 Å². The summed E-state index contributed by atoms with van der Waals surface area (Å²) in [6.45, 7) is 7.78. The molecule has 0 aromatic heterocycles. The Hall–Kier alpha value is -0.120. The smallest absolute Gasteiger partial charge is 0.0700 e. The monoisotopic (exact) mass is 301 g/mol. The van der Waals surface area contributed by atoms with Gasteiger partial charge in [0, 0.05) is 19.8 Å². The molecule has 21 heavy (non-hydrogen) atoms. The van der Waals surface area contributed by atoms with E-state index in [4.69, 9.17) is 9.47 Å². The molecule has 1 atom stereocenters. The van der Waals surface area contributed by atoms with Crippen LogP contribution in [0, 0.1) is 0 Å². The third kappa shape index (κ3) is 16.1. The number of nitrogens with one attached hydrogen (secondary N) is 1. The maximum atomic E-state index is 5.57. The van der Waals surface area contributed by atoms with E-state index in [-0.39, 0.29) is 0 Å². The summed E-state index contributed by atoms with van der Waals surface area (Å²) in [4.78, 5) is 0. The lowest BCUT2D eigenvalue weighted by molar-refractivity contribution is 0.0654. The first-order chi connectivity index (χ1) is 10.3. The first-order valence-electron chi connectivity index (χ1n) is 9.15. The van der Waals surface area contributed by atoms with E-state index in [9.17, 15) is 0 Å². The van der Waals surface area contributed by atoms with Gasteiger partial charge in [-0.15, -0.1) is 0 Å². The third-order valence-electron chi connectivity index (χ3n) is 3.94. The van der Waals surface area contributed by atoms with Crippen LogP contribution in [-0.4, -0.2) is 39.5 Å². The lowest BCUT2D eigenvalue weighted by Gasteiger charge is -2.17. The van der Waals surface area contributed by atoms with Crippen molar-refractivity contribution in [3.63, 3.8) is 0 Å². The van der Waals surface area contributed by atoms with E-state index >= 15 is 0 Å². The molecule has 128 valence electrons. The Bertz CT molecular complexity index is 188. The first kappa shape index (κ1) is 20.9. The number of ether oxygens (including phenoxy) is 2. The maximum absolute atomic E-state index is 5.57. The Morgan fingerprint density at radius 2 is 1.43 bits per heavy atom. The molecule has 0 aliphatic heterocycles. The van der Waals surface area contributed by atoms with Crippen LogP contribution >= 0.6 is 0 Å². The Morgan fingerprint density at radius 1 is 0.762 bits per heavy atom. The molecule has 0 amide bonds. The maximum Gasteiger partial charge on any atom is 0.0700 e. The molecule has 0 fully saturated rings. The largest absolute Gasteiger partial charge is 0.382 e. The van der Waals surface area contributed by atoms with Crippen LogP contribution in [0.15, 0.2) is 0 Å². The first-order valence-corrected chi connectivity index (χ1v) is 9.15. The fraction of sp³-hybridized carbons (Fsp3) is 1.00. The summed E-state index contributed by atoms with van der Waals surface area (Å²) in [7, 11) is 1.72. The summed E-state index contributed by atoms with van der Waals surface area (Å²) in [6.07, 6.45) is 13.6. The average molecular weight is 302 g/mol. The zero-order chi connectivity index (χ0) is 15.6. The van der Waals surface area contributed by atoms with Crippen molar-refractivity contribution in [3.8, 4) is 0 Å². The molecule has 1 N–H and O–H groups in total. The molecule has 0 aromatic rings. The molecule has 0 aromatic carbocycles. The molecular weight excluding hydrogens is 262 g/mol. The number of methoxy groups -OCH3 is 1. The molecule has 1 unspecified atom stereocenters. The van der Waals surface area contributed by atoms with Crippen molar-refractivity contribution >= 4 is 0 Å². The zero-order valence-electron chi connectivity index (χ0n) is 14.8. The second kappa shape index (κ2) is 17.9. The van der Waals surface area contributed by atoms with Gasteiger partial charge in [0.15, 0.2) is 0 Å². The average Bonchev–Trinajstić information content (AvgIpc) is 2.49. The second-order valence-corrected chi connectivity index (χ2v) is 5.91. The van der Waals surface area contributed by atoms with Crippen molar-refractivity contribution in [1.82, 2.24) is 5.32 Å². The van der Waals surface area contributed by atoms with Crippen LogP contribution in [0.4, 0.5) is 0 Å². The van der Waals surface area contributed by atoms with Crippen LogP contribution in [0.5, 0.6) is 0 Å². The SMILES string of the molecule is CCCCCCCCCCC(CCOCCOC)NCC. The van der Waals surface area contributed by atoms with Crippen LogP contribution < -0.4 is 5.32 Å². The van der Waals surface area contributed by atoms with E-state index in [2.05, 4.69) is 19.2 Å². The Balaban J connectivity index is 3.42. The van der Waals surface area contributed by atoms with Gasteiger partial charge in [0.05, 0.1) is 13.2 Å². The minimum Gasteiger partial charge on any atom is -0.382 e. The summed E-state index contributed by atoms with van der Waals surface area (Å²) in [5.41, 5.74) is 0. The lowest BCUT2D eigenvalue weighted by Crippen LogP contribution is -2.30. The highest BCUT2D eigenvalue weighted by Gasteiger charge is 2.06. The Labute approximate surface area is 133 Å². The molecule has 0 rings (SSSR count). The van der Waals surface area contributed by atoms with Gasteiger partial charge in [-0.25, -0.2) is 0 Å². The van der Waals surface area contributed by atoms with Crippen LogP contribution in [0.25, 0.3) is 0 Å². The molecule has 0 bridgehead atoms. The predicted octanol–water partition coefficient (Wildman–Crippen LogP) is 4.55. The molecule has 0 saturated heterocycles. The highest BCUT2D eigenvalue weighted by Crippen LogP contribution is 2.11. The number of hydrogen-bond acceptors (Lipinski definition) is 3. The van der Waals surface area contributed by atoms with Gasteiger partial charge in [-0.05, 0) is 19.4 Å². The van der Waals surface area contributed by atoms with Gasteiger partial charge < -0.3 is 14.8 Å². The van der Waals surface area contributed by atoms with E-state index in [0.717, 1.165) is 19.6 Å². The molecule has 0 saturated carbocycles. The number of hydrogen-bond donors (Lipinski definition) is 1. The summed E-state index contributed by atoms with van der Waals surface area (Å²) in [5, 5.41) is 3.58. The molecule has 3 heteroatoms. The minimum atomic E-state index is 0.623. The summed E-state index contributed by atoms with van der Waals surface area (Å²) in [5.74, 6) is 0. The van der Waals surface area contributed by atoms with Gasteiger partial charge in [-0.2, -0.15) is 0 Å². The van der Waals surface area contributed by atoms with Crippen molar-refractivity contribution in [2.24, 2.45) is 0 Å². The van der Waals surface area contributed by atoms with Crippen molar-refractivity contribution < 1.29 is 9.47 Å². The van der Waals surface area contributed by atoms with E-state index < -0.39 is 0 Å². The summed E-state index contributed by atoms with van der Waals surface area (Å²) in [6, 6.07) is 0.623. The molecule has 0 radical (unpaired) electrons. The molecular formula is C18H39NO2. The molecule has 3 nitrogen and oxygen atoms in total. The minimum absolute atomic E-state index is 0.623. The zero-order valence-corrected chi connectivity index (χ0v) is 14.8. The molecule has 0 spiro atoms. The lowest BCUT2D eigenvalue weighted by atomic mass is 10.0. The van der Waals surface area contributed by atoms with Gasteiger partial charge in [0.25, 0.3) is 0 Å². The number of rotatable bonds is 17. The summed E-state index contributed by atoms with van der Waals surface area (Å²) >= 11 is 0. The normalized spacial score (nSPS) is 12.7. The third-order valence-corrected chi connectivity index (χ3v) is 3.94. The van der Waals surface area contributed by atoms with Crippen LogP contribution in [0.2, 0.25) is 0 Å². The molecule has 0 aliphatic carbocycles. The quantitative estimate of drug-likeness (QED) is 0.400. The van der Waals surface area contributed by atoms with Gasteiger partial charge in [-0.1, -0.05) is 65.2 Å². The predicted molar refractivity (Wildman–Crippen MR) is 92.0 cm³/mol. The van der Waals surface area contributed by atoms with Crippen molar-refractivity contribution in [3.05, 3.63) is 0 Å². The Morgan fingerprint density at radius 3 is 2.05 bits per heavy atom. The van der Waals surface area contributed by atoms with Crippen molar-refractivity contribution in [2.45, 2.75) is 84.1 Å². The van der Waals surface area contributed by atoms with Crippen LogP contribution in [-0.2, 0) is 9.47 Å². The topological polar surface area (TPSA) is 30.5 Å². The molecule has 0 heterocycles. The Kier molecular flexibility index (Phi) is 17.8. The molecule has 0 aliphatic rings. The fourth-order valence-corrected chi connectivity index (χ4v) is 2.63. The highest BCUT2D eigenvalue weighted by molar-refractivity contribution is 4.66. The van der Waals surface area contributed by atoms with Gasteiger partial charge >= 0.3 is 0 Å². The van der Waals surface area contributed by atoms with E-state index in [1.54, 1.807) is 7.11 Å². The number of unbranched alkanes of at least 4 members (excludes halogenated alkanes) is 7. The van der Waals surface area contributed by atoms with Gasteiger partial charge in [-0.3, -0.25) is 0 Å². The highest BCUT2D eigenvalue weighted by atomic mass is 16.5. The standard InChI is InChI=1S/C18H39NO2/c1-4-6-7-8-9-10-11-12-13-18(19-5-2)14-15-21-17-16-20-3/h18-19H,4-17H2,1-3H3. The fourth-order valence-electron chi connectivity index (χ4n) is 2.63.